The van der Waals surface area contributed by atoms with Crippen LogP contribution in [0.5, 0.6) is 0 Å². The molecule has 1 heterocycles. The predicted molar refractivity (Wildman–Crippen MR) is 93.1 cm³/mol. The lowest BCUT2D eigenvalue weighted by molar-refractivity contribution is -0.129. The molecular weight excluding hydrogens is 361 g/mol. The molecule has 10 heteroatoms. The predicted octanol–water partition coefficient (Wildman–Crippen LogP) is 1.18. The number of amides is 1. The third kappa shape index (κ3) is 4.84. The van der Waals surface area contributed by atoms with Crippen molar-refractivity contribution in [2.75, 3.05) is 7.05 Å². The molecule has 0 aliphatic heterocycles. The molecule has 1 aromatic carbocycles. The van der Waals surface area contributed by atoms with E-state index in [0.29, 0.717) is 12.1 Å². The van der Waals surface area contributed by atoms with Crippen molar-refractivity contribution in [1.82, 2.24) is 25.1 Å². The fourth-order valence-corrected chi connectivity index (χ4v) is 3.77. The van der Waals surface area contributed by atoms with E-state index in [1.54, 1.807) is 6.07 Å². The average molecular weight is 383 g/mol. The van der Waals surface area contributed by atoms with Crippen LogP contribution in [0.2, 0.25) is 0 Å². The van der Waals surface area contributed by atoms with Crippen LogP contribution in [0.1, 0.15) is 31.7 Å². The molecule has 142 valence electrons. The lowest BCUT2D eigenvalue weighted by Gasteiger charge is -2.21. The van der Waals surface area contributed by atoms with E-state index >= 15 is 0 Å². The zero-order valence-electron chi connectivity index (χ0n) is 15.0. The fourth-order valence-electron chi connectivity index (χ4n) is 2.47. The van der Waals surface area contributed by atoms with Crippen LogP contribution in [-0.2, 0) is 33.5 Å². The summed E-state index contributed by atoms with van der Waals surface area (Å²) in [7, 11) is -2.31. The second-order valence-corrected chi connectivity index (χ2v) is 8.41. The number of halogens is 1. The summed E-state index contributed by atoms with van der Waals surface area (Å²) in [6.07, 6.45) is 0.753. The van der Waals surface area contributed by atoms with Gasteiger partial charge in [-0.15, -0.1) is 5.10 Å². The number of aromatic nitrogens is 4. The number of sulfone groups is 1. The van der Waals surface area contributed by atoms with Crippen molar-refractivity contribution in [2.24, 2.45) is 0 Å². The topological polar surface area (TPSA) is 98.0 Å². The molecule has 0 fully saturated rings. The summed E-state index contributed by atoms with van der Waals surface area (Å²) in [4.78, 5) is 13.8. The van der Waals surface area contributed by atoms with Crippen LogP contribution in [0.3, 0.4) is 0 Å². The van der Waals surface area contributed by atoms with Gasteiger partial charge in [-0.05, 0) is 41.5 Å². The summed E-state index contributed by atoms with van der Waals surface area (Å²) in [6, 6.07) is 5.82. The highest BCUT2D eigenvalue weighted by Crippen LogP contribution is 2.14. The van der Waals surface area contributed by atoms with Crippen LogP contribution < -0.4 is 0 Å². The van der Waals surface area contributed by atoms with Gasteiger partial charge in [0.2, 0.25) is 5.91 Å². The summed E-state index contributed by atoms with van der Waals surface area (Å²) in [5, 5.41) is 9.73. The van der Waals surface area contributed by atoms with Crippen molar-refractivity contribution in [2.45, 2.75) is 44.4 Å². The van der Waals surface area contributed by atoms with Gasteiger partial charge in [-0.1, -0.05) is 19.1 Å². The Morgan fingerprint density at radius 2 is 2.12 bits per heavy atom. The Balaban J connectivity index is 2.08. The summed E-state index contributed by atoms with van der Waals surface area (Å²) in [5.74, 6) is -1.18. The summed E-state index contributed by atoms with van der Waals surface area (Å²) in [5.41, 5.74) is 0.581. The molecular formula is C16H22FN5O3S. The van der Waals surface area contributed by atoms with Crippen molar-refractivity contribution in [3.63, 3.8) is 0 Å². The molecule has 2 rings (SSSR count). The van der Waals surface area contributed by atoms with E-state index in [2.05, 4.69) is 15.5 Å². The molecule has 26 heavy (non-hydrogen) atoms. The summed E-state index contributed by atoms with van der Waals surface area (Å²) < 4.78 is 39.9. The first-order chi connectivity index (χ1) is 12.2. The lowest BCUT2D eigenvalue weighted by atomic mass is 10.2. The van der Waals surface area contributed by atoms with Crippen molar-refractivity contribution in [3.8, 4) is 0 Å². The molecule has 1 aromatic heterocycles. The largest absolute Gasteiger partial charge is 0.340 e. The van der Waals surface area contributed by atoms with Crippen molar-refractivity contribution >= 4 is 15.7 Å². The Morgan fingerprint density at radius 1 is 1.38 bits per heavy atom. The third-order valence-corrected chi connectivity index (χ3v) is 5.88. The molecule has 1 atom stereocenters. The number of nitrogens with zero attached hydrogens (tertiary/aromatic N) is 5. The maximum atomic E-state index is 13.3. The quantitative estimate of drug-likeness (QED) is 0.679. The van der Waals surface area contributed by atoms with Gasteiger partial charge in [0.1, 0.15) is 16.8 Å². The molecule has 8 nitrogen and oxygen atoms in total. The molecule has 0 spiro atoms. The van der Waals surface area contributed by atoms with Crippen molar-refractivity contribution in [1.29, 1.82) is 0 Å². The Kier molecular flexibility index (Phi) is 6.41. The van der Waals surface area contributed by atoms with Gasteiger partial charge < -0.3 is 4.90 Å². The van der Waals surface area contributed by atoms with E-state index in [1.807, 2.05) is 6.92 Å². The first-order valence-corrected chi connectivity index (χ1v) is 9.92. The van der Waals surface area contributed by atoms with Crippen LogP contribution >= 0.6 is 0 Å². The number of carbonyl (C=O) groups is 1. The minimum absolute atomic E-state index is 0.115. The van der Waals surface area contributed by atoms with Crippen LogP contribution in [0.15, 0.2) is 24.3 Å². The Bertz CT molecular complexity index is 868. The number of benzene rings is 1. The highest BCUT2D eigenvalue weighted by Gasteiger charge is 2.32. The first kappa shape index (κ1) is 20.0. The standard InChI is InChI=1S/C16H22FN5O3S/c1-4-8-22-15(18-19-20-22)11-26(24,25)12(2)16(23)21(3)10-13-6-5-7-14(17)9-13/h5-7,9,12H,4,8,10-11H2,1-3H3. The highest BCUT2D eigenvalue weighted by molar-refractivity contribution is 7.92. The van der Waals surface area contributed by atoms with Crippen LogP contribution in [0.4, 0.5) is 4.39 Å². The van der Waals surface area contributed by atoms with Gasteiger partial charge in [-0.25, -0.2) is 17.5 Å². The first-order valence-electron chi connectivity index (χ1n) is 8.20. The summed E-state index contributed by atoms with van der Waals surface area (Å²) >= 11 is 0. The average Bonchev–Trinajstić information content (AvgIpc) is 3.00. The van der Waals surface area contributed by atoms with Gasteiger partial charge in [0.25, 0.3) is 0 Å². The van der Waals surface area contributed by atoms with E-state index in [9.17, 15) is 17.6 Å². The molecule has 2 aromatic rings. The van der Waals surface area contributed by atoms with Crippen molar-refractivity contribution < 1.29 is 17.6 Å². The van der Waals surface area contributed by atoms with E-state index in [4.69, 9.17) is 0 Å². The number of hydrogen-bond donors (Lipinski definition) is 0. The monoisotopic (exact) mass is 383 g/mol. The number of rotatable bonds is 8. The number of tetrazole rings is 1. The van der Waals surface area contributed by atoms with Crippen molar-refractivity contribution in [3.05, 3.63) is 41.5 Å². The van der Waals surface area contributed by atoms with Gasteiger partial charge in [-0.3, -0.25) is 4.79 Å². The molecule has 0 aliphatic rings. The SMILES string of the molecule is CCCn1nnnc1CS(=O)(=O)C(C)C(=O)N(C)Cc1cccc(F)c1. The van der Waals surface area contributed by atoms with Crippen LogP contribution in [0.25, 0.3) is 0 Å². The molecule has 1 unspecified atom stereocenters. The third-order valence-electron chi connectivity index (χ3n) is 3.94. The minimum Gasteiger partial charge on any atom is -0.340 e. The molecule has 0 aliphatic carbocycles. The maximum absolute atomic E-state index is 13.3. The van der Waals surface area contributed by atoms with Crippen LogP contribution in [0, 0.1) is 5.82 Å². The molecule has 0 saturated carbocycles. The van der Waals surface area contributed by atoms with Gasteiger partial charge in [0.15, 0.2) is 15.7 Å². The van der Waals surface area contributed by atoms with E-state index in [0.717, 1.165) is 6.42 Å². The maximum Gasteiger partial charge on any atom is 0.240 e. The van der Waals surface area contributed by atoms with Crippen LogP contribution in [-0.4, -0.2) is 51.7 Å². The van der Waals surface area contributed by atoms with Gasteiger partial charge in [0, 0.05) is 20.1 Å². The Labute approximate surface area is 151 Å². The number of carbonyl (C=O) groups excluding carboxylic acids is 1. The highest BCUT2D eigenvalue weighted by atomic mass is 32.2. The van der Waals surface area contributed by atoms with Gasteiger partial charge in [0.05, 0.1) is 0 Å². The lowest BCUT2D eigenvalue weighted by Crippen LogP contribution is -2.39. The molecule has 1 amide bonds. The normalized spacial score (nSPS) is 12.8. The number of hydrogen-bond acceptors (Lipinski definition) is 6. The smallest absolute Gasteiger partial charge is 0.240 e. The zero-order valence-corrected chi connectivity index (χ0v) is 15.8. The second kappa shape index (κ2) is 8.35. The molecule has 0 radical (unpaired) electrons. The summed E-state index contributed by atoms with van der Waals surface area (Å²) in [6.45, 7) is 3.88. The van der Waals surface area contributed by atoms with E-state index in [-0.39, 0.29) is 12.4 Å². The zero-order chi connectivity index (χ0) is 19.3. The fraction of sp³-hybridized carbons (Fsp3) is 0.500. The van der Waals surface area contributed by atoms with E-state index in [1.165, 1.54) is 41.8 Å². The number of aryl methyl sites for hydroxylation is 1. The Hall–Kier alpha value is -2.36. The second-order valence-electron chi connectivity index (χ2n) is 6.09. The molecule has 0 bridgehead atoms. The van der Waals surface area contributed by atoms with Gasteiger partial charge >= 0.3 is 0 Å². The molecule has 0 N–H and O–H groups in total. The molecule has 0 saturated heterocycles. The van der Waals surface area contributed by atoms with E-state index < -0.39 is 32.6 Å². The Morgan fingerprint density at radius 3 is 2.77 bits per heavy atom. The minimum atomic E-state index is -3.80. The van der Waals surface area contributed by atoms with Gasteiger partial charge in [-0.2, -0.15) is 0 Å².